The van der Waals surface area contributed by atoms with Gasteiger partial charge in [-0.25, -0.2) is 4.39 Å². The predicted molar refractivity (Wildman–Crippen MR) is 69.0 cm³/mol. The van der Waals surface area contributed by atoms with Crippen molar-refractivity contribution in [3.05, 3.63) is 41.8 Å². The number of hydrogen-bond donors (Lipinski definition) is 2. The Morgan fingerprint density at radius 3 is 2.74 bits per heavy atom. The number of aromatic nitrogens is 1. The lowest BCUT2D eigenvalue weighted by Crippen LogP contribution is -2.22. The Hall–Kier alpha value is -1.56. The van der Waals surface area contributed by atoms with E-state index in [1.807, 2.05) is 11.0 Å². The van der Waals surface area contributed by atoms with Crippen LogP contribution < -0.4 is 0 Å². The molecule has 4 nitrogen and oxygen atoms in total. The van der Waals surface area contributed by atoms with Gasteiger partial charge >= 0.3 is 0 Å². The molecule has 1 aromatic carbocycles. The molecular formula is C14H15FN2O2. The van der Waals surface area contributed by atoms with Crippen molar-refractivity contribution in [3.63, 3.8) is 0 Å². The molecule has 3 rings (SSSR count). The topological polar surface area (TPSA) is 56.6 Å². The number of nitrogens with zero attached hydrogens (tertiary/aromatic N) is 2. The number of aliphatic hydroxyl groups excluding tert-OH is 2. The van der Waals surface area contributed by atoms with Gasteiger partial charge in [0.15, 0.2) is 0 Å². The van der Waals surface area contributed by atoms with Crippen molar-refractivity contribution in [1.29, 1.82) is 0 Å². The van der Waals surface area contributed by atoms with Crippen LogP contribution in [0.25, 0.3) is 10.9 Å². The summed E-state index contributed by atoms with van der Waals surface area (Å²) in [6.07, 6.45) is 0.220. The van der Waals surface area contributed by atoms with Crippen LogP contribution in [-0.2, 0) is 6.54 Å². The Labute approximate surface area is 110 Å². The van der Waals surface area contributed by atoms with Crippen molar-refractivity contribution >= 4 is 10.9 Å². The van der Waals surface area contributed by atoms with Crippen LogP contribution in [0.4, 0.5) is 4.39 Å². The average molecular weight is 262 g/mol. The second-order valence-electron chi connectivity index (χ2n) is 4.97. The summed E-state index contributed by atoms with van der Waals surface area (Å²) in [5.74, 6) is -0.296. The van der Waals surface area contributed by atoms with E-state index in [-0.39, 0.29) is 5.82 Å². The van der Waals surface area contributed by atoms with Gasteiger partial charge in [-0.05, 0) is 23.8 Å². The molecule has 2 aromatic rings. The van der Waals surface area contributed by atoms with E-state index in [9.17, 15) is 14.6 Å². The van der Waals surface area contributed by atoms with Crippen LogP contribution in [0.5, 0.6) is 0 Å². The molecule has 1 aromatic heterocycles. The third-order valence-electron chi connectivity index (χ3n) is 3.48. The van der Waals surface area contributed by atoms with Gasteiger partial charge in [-0.15, -0.1) is 0 Å². The zero-order valence-corrected chi connectivity index (χ0v) is 10.3. The maximum absolute atomic E-state index is 13.6. The van der Waals surface area contributed by atoms with Crippen molar-refractivity contribution in [2.75, 3.05) is 13.1 Å². The smallest absolute Gasteiger partial charge is 0.124 e. The van der Waals surface area contributed by atoms with Gasteiger partial charge in [0.25, 0.3) is 0 Å². The van der Waals surface area contributed by atoms with Crippen LogP contribution >= 0.6 is 0 Å². The molecule has 1 aliphatic rings. The Morgan fingerprint density at radius 2 is 2.00 bits per heavy atom. The number of pyridine rings is 1. The van der Waals surface area contributed by atoms with Gasteiger partial charge in [0.1, 0.15) is 5.82 Å². The van der Waals surface area contributed by atoms with E-state index in [4.69, 9.17) is 0 Å². The van der Waals surface area contributed by atoms with Crippen molar-refractivity contribution in [2.45, 2.75) is 18.8 Å². The summed E-state index contributed by atoms with van der Waals surface area (Å²) in [6.45, 7) is 1.26. The summed E-state index contributed by atoms with van der Waals surface area (Å²) in [5.41, 5.74) is 1.54. The highest BCUT2D eigenvalue weighted by molar-refractivity contribution is 5.81. The SMILES string of the molecule is OC1CN(Cc2cc(F)cc3cccnc23)CC1O. The Morgan fingerprint density at radius 1 is 1.26 bits per heavy atom. The number of hydrogen-bond acceptors (Lipinski definition) is 4. The largest absolute Gasteiger partial charge is 0.389 e. The molecule has 0 spiro atoms. The summed E-state index contributed by atoms with van der Waals surface area (Å²) in [5, 5.41) is 19.8. The van der Waals surface area contributed by atoms with Gasteiger partial charge in [0, 0.05) is 31.2 Å². The quantitative estimate of drug-likeness (QED) is 0.844. The molecule has 2 atom stereocenters. The normalized spacial score (nSPS) is 24.2. The Kier molecular flexibility index (Phi) is 3.18. The molecule has 19 heavy (non-hydrogen) atoms. The molecule has 2 unspecified atom stereocenters. The second kappa shape index (κ2) is 4.85. The minimum atomic E-state index is -0.729. The van der Waals surface area contributed by atoms with Crippen molar-refractivity contribution in [3.8, 4) is 0 Å². The number of aliphatic hydroxyl groups is 2. The molecule has 5 heteroatoms. The van der Waals surface area contributed by atoms with E-state index >= 15 is 0 Å². The lowest BCUT2D eigenvalue weighted by molar-refractivity contribution is 0.0572. The van der Waals surface area contributed by atoms with Crippen LogP contribution in [0, 0.1) is 5.82 Å². The van der Waals surface area contributed by atoms with Gasteiger partial charge < -0.3 is 10.2 Å². The highest BCUT2D eigenvalue weighted by atomic mass is 19.1. The monoisotopic (exact) mass is 262 g/mol. The van der Waals surface area contributed by atoms with Gasteiger partial charge in [0.2, 0.25) is 0 Å². The molecule has 0 aliphatic carbocycles. The molecule has 0 radical (unpaired) electrons. The zero-order valence-electron chi connectivity index (χ0n) is 10.3. The van der Waals surface area contributed by atoms with E-state index in [1.54, 1.807) is 12.3 Å². The predicted octanol–water partition coefficient (Wildman–Crippen LogP) is 0.911. The van der Waals surface area contributed by atoms with E-state index in [2.05, 4.69) is 4.98 Å². The van der Waals surface area contributed by atoms with Gasteiger partial charge in [-0.2, -0.15) is 0 Å². The van der Waals surface area contributed by atoms with Crippen molar-refractivity contribution in [1.82, 2.24) is 9.88 Å². The van der Waals surface area contributed by atoms with Gasteiger partial charge in [-0.3, -0.25) is 9.88 Å². The van der Waals surface area contributed by atoms with Crippen LogP contribution in [0.1, 0.15) is 5.56 Å². The minimum Gasteiger partial charge on any atom is -0.389 e. The number of rotatable bonds is 2. The third-order valence-corrected chi connectivity index (χ3v) is 3.48. The number of fused-ring (bicyclic) bond motifs is 1. The van der Waals surface area contributed by atoms with Crippen molar-refractivity contribution < 1.29 is 14.6 Å². The molecule has 0 saturated carbocycles. The molecule has 2 heterocycles. The summed E-state index contributed by atoms with van der Waals surface area (Å²) < 4.78 is 13.6. The van der Waals surface area contributed by atoms with E-state index in [0.29, 0.717) is 19.6 Å². The summed E-state index contributed by atoms with van der Waals surface area (Å²) in [4.78, 5) is 6.19. The van der Waals surface area contributed by atoms with Crippen LogP contribution in [0.2, 0.25) is 0 Å². The zero-order chi connectivity index (χ0) is 13.4. The summed E-state index contributed by atoms with van der Waals surface area (Å²) in [6, 6.07) is 6.52. The van der Waals surface area contributed by atoms with Crippen molar-refractivity contribution in [2.24, 2.45) is 0 Å². The first-order valence-electron chi connectivity index (χ1n) is 6.25. The molecule has 0 amide bonds. The highest BCUT2D eigenvalue weighted by Crippen LogP contribution is 2.22. The first-order valence-corrected chi connectivity index (χ1v) is 6.25. The number of halogens is 1. The Bertz CT molecular complexity index is 595. The van der Waals surface area contributed by atoms with Gasteiger partial charge in [-0.1, -0.05) is 6.07 Å². The summed E-state index contributed by atoms with van der Waals surface area (Å²) >= 11 is 0. The van der Waals surface area contributed by atoms with E-state index in [0.717, 1.165) is 16.5 Å². The van der Waals surface area contributed by atoms with Crippen LogP contribution in [0.3, 0.4) is 0 Å². The Balaban J connectivity index is 1.92. The van der Waals surface area contributed by atoms with E-state index in [1.165, 1.54) is 12.1 Å². The van der Waals surface area contributed by atoms with E-state index < -0.39 is 12.2 Å². The molecule has 1 fully saturated rings. The lowest BCUT2D eigenvalue weighted by Gasteiger charge is -2.16. The number of β-amino-alcohol motifs (C(OH)–C–C–N with tert-alkyl or cyclic N) is 2. The number of likely N-dealkylation sites (tertiary alicyclic amines) is 1. The standard InChI is InChI=1S/C14H15FN2O2/c15-11-4-9-2-1-3-16-14(9)10(5-11)6-17-7-12(18)13(19)8-17/h1-5,12-13,18-19H,6-8H2. The molecule has 100 valence electrons. The summed E-state index contributed by atoms with van der Waals surface area (Å²) in [7, 11) is 0. The first-order chi connectivity index (χ1) is 9.13. The third kappa shape index (κ3) is 2.45. The fraction of sp³-hybridized carbons (Fsp3) is 0.357. The fourth-order valence-corrected chi connectivity index (χ4v) is 2.57. The fourth-order valence-electron chi connectivity index (χ4n) is 2.57. The molecule has 1 aliphatic heterocycles. The second-order valence-corrected chi connectivity index (χ2v) is 4.97. The maximum atomic E-state index is 13.6. The molecule has 0 bridgehead atoms. The molecule has 2 N–H and O–H groups in total. The lowest BCUT2D eigenvalue weighted by atomic mass is 10.1. The highest BCUT2D eigenvalue weighted by Gasteiger charge is 2.29. The van der Waals surface area contributed by atoms with Crippen LogP contribution in [0.15, 0.2) is 30.5 Å². The van der Waals surface area contributed by atoms with Crippen LogP contribution in [-0.4, -0.2) is 45.4 Å². The average Bonchev–Trinajstić information content (AvgIpc) is 2.68. The van der Waals surface area contributed by atoms with Gasteiger partial charge in [0.05, 0.1) is 17.7 Å². The number of benzene rings is 1. The minimum absolute atomic E-state index is 0.296. The molecular weight excluding hydrogens is 247 g/mol. The maximum Gasteiger partial charge on any atom is 0.124 e. The molecule has 1 saturated heterocycles. The first kappa shape index (κ1) is 12.5.